The van der Waals surface area contributed by atoms with Gasteiger partial charge in [-0.05, 0) is 25.6 Å². The highest BCUT2D eigenvalue weighted by Gasteiger charge is 1.92. The van der Waals surface area contributed by atoms with Crippen molar-refractivity contribution >= 4 is 17.4 Å². The van der Waals surface area contributed by atoms with Crippen molar-refractivity contribution in [2.75, 3.05) is 6.61 Å². The Kier molecular flexibility index (Phi) is 4.76. The van der Waals surface area contributed by atoms with Crippen LogP contribution in [0.4, 0.5) is 0 Å². The van der Waals surface area contributed by atoms with Crippen molar-refractivity contribution in [3.8, 4) is 0 Å². The number of rotatable bonds is 3. The number of nitrogens with zero attached hydrogens (tertiary/aromatic N) is 1. The monoisotopic (exact) mass is 131 g/mol. The maximum atomic E-state index is 8.34. The topological polar surface area (TPSA) is 32.6 Å². The summed E-state index contributed by atoms with van der Waals surface area (Å²) in [6, 6.07) is 0.123. The fourth-order valence-electron chi connectivity index (χ4n) is 0.341. The second-order valence-corrected chi connectivity index (χ2v) is 1.76. The largest absolute Gasteiger partial charge is 0.396 e. The fraction of sp³-hybridized carbons (Fsp3) is 0.800. The molecule has 0 aliphatic carbocycles. The van der Waals surface area contributed by atoms with Crippen molar-refractivity contribution in [2.45, 2.75) is 19.4 Å². The molecule has 0 spiro atoms. The van der Waals surface area contributed by atoms with Crippen molar-refractivity contribution < 1.29 is 5.11 Å². The molecule has 0 heterocycles. The smallest absolute Gasteiger partial charge is 0.0596 e. The minimum atomic E-state index is 0.123. The van der Waals surface area contributed by atoms with E-state index < -0.39 is 0 Å². The minimum Gasteiger partial charge on any atom is -0.396 e. The van der Waals surface area contributed by atoms with Crippen molar-refractivity contribution in [1.29, 1.82) is 0 Å². The summed E-state index contributed by atoms with van der Waals surface area (Å²) in [7, 11) is 0. The molecule has 0 fully saturated rings. The lowest BCUT2D eigenvalue weighted by Crippen LogP contribution is -1.99. The highest BCUT2D eigenvalue weighted by molar-refractivity contribution is 7.78. The average molecular weight is 131 g/mol. The second-order valence-electron chi connectivity index (χ2n) is 1.58. The Morgan fingerprint density at radius 3 is 2.88 bits per heavy atom. The lowest BCUT2D eigenvalue weighted by atomic mass is 10.3. The van der Waals surface area contributed by atoms with Gasteiger partial charge in [-0.15, -0.1) is 0 Å². The molecule has 0 aliphatic rings. The summed E-state index contributed by atoms with van der Waals surface area (Å²) in [5.41, 5.74) is 0. The van der Waals surface area contributed by atoms with Crippen LogP contribution in [0.1, 0.15) is 13.3 Å². The molecule has 0 amide bonds. The number of hydrogen-bond donors (Lipinski definition) is 1. The zero-order valence-electron chi connectivity index (χ0n) is 4.79. The number of aliphatic imine (C=N–C) groups is 1. The first-order chi connectivity index (χ1) is 3.81. The van der Waals surface area contributed by atoms with E-state index in [9.17, 15) is 0 Å². The van der Waals surface area contributed by atoms with E-state index >= 15 is 0 Å². The molecule has 1 N–H and O–H groups in total. The first-order valence-electron chi connectivity index (χ1n) is 2.49. The summed E-state index contributed by atoms with van der Waals surface area (Å²) in [5.74, 6) is 0. The van der Waals surface area contributed by atoms with Crippen LogP contribution in [0.3, 0.4) is 0 Å². The first-order valence-corrected chi connectivity index (χ1v) is 2.90. The molecule has 1 unspecified atom stereocenters. The van der Waals surface area contributed by atoms with Crippen LogP contribution in [-0.2, 0) is 0 Å². The number of thiocarbonyl (C=S) groups is 1. The molecule has 0 aliphatic heterocycles. The van der Waals surface area contributed by atoms with Crippen LogP contribution in [-0.4, -0.2) is 22.9 Å². The van der Waals surface area contributed by atoms with Gasteiger partial charge in [0.25, 0.3) is 0 Å². The Hall–Kier alpha value is -0.240. The Morgan fingerprint density at radius 2 is 2.50 bits per heavy atom. The van der Waals surface area contributed by atoms with Gasteiger partial charge in [-0.1, -0.05) is 0 Å². The van der Waals surface area contributed by atoms with Crippen LogP contribution in [0.5, 0.6) is 0 Å². The molecule has 0 aromatic carbocycles. The van der Waals surface area contributed by atoms with Gasteiger partial charge < -0.3 is 5.11 Å². The van der Waals surface area contributed by atoms with Crippen molar-refractivity contribution in [2.24, 2.45) is 4.99 Å². The number of isothiocyanates is 1. The molecular weight excluding hydrogens is 122 g/mol. The summed E-state index contributed by atoms with van der Waals surface area (Å²) in [6.07, 6.45) is 0.670. The van der Waals surface area contributed by atoms with E-state index in [2.05, 4.69) is 22.4 Å². The van der Waals surface area contributed by atoms with Crippen LogP contribution in [0, 0.1) is 0 Å². The molecule has 0 saturated heterocycles. The minimum absolute atomic E-state index is 0.123. The molecule has 0 aromatic rings. The van der Waals surface area contributed by atoms with Crippen LogP contribution in [0.15, 0.2) is 4.99 Å². The van der Waals surface area contributed by atoms with Crippen LogP contribution < -0.4 is 0 Å². The van der Waals surface area contributed by atoms with Crippen molar-refractivity contribution in [3.63, 3.8) is 0 Å². The average Bonchev–Trinajstić information content (AvgIpc) is 1.68. The standard InChI is InChI=1S/C5H9NOS/c1-5(2-3-7)6-4-8/h5,7H,2-3H2,1H3. The summed E-state index contributed by atoms with van der Waals surface area (Å²) < 4.78 is 0. The predicted octanol–water partition coefficient (Wildman–Crippen LogP) is 0.860. The Bertz CT molecular complexity index is 98.6. The molecule has 0 radical (unpaired) electrons. The predicted molar refractivity (Wildman–Crippen MR) is 36.2 cm³/mol. The number of aliphatic hydroxyl groups is 1. The number of hydrogen-bond acceptors (Lipinski definition) is 3. The summed E-state index contributed by atoms with van der Waals surface area (Å²) in [4.78, 5) is 3.72. The quantitative estimate of drug-likeness (QED) is 0.455. The normalized spacial score (nSPS) is 12.2. The SMILES string of the molecule is CC(CCO)N=C=S. The Balaban J connectivity index is 3.31. The molecule has 0 bridgehead atoms. The molecule has 0 rings (SSSR count). The molecule has 8 heavy (non-hydrogen) atoms. The third kappa shape index (κ3) is 3.93. The summed E-state index contributed by atoms with van der Waals surface area (Å²) in [5, 5.41) is 10.6. The van der Waals surface area contributed by atoms with E-state index in [1.807, 2.05) is 6.92 Å². The zero-order valence-corrected chi connectivity index (χ0v) is 5.61. The fourth-order valence-corrected chi connectivity index (χ4v) is 0.521. The molecule has 3 heteroatoms. The van der Waals surface area contributed by atoms with Gasteiger partial charge in [0.1, 0.15) is 0 Å². The second kappa shape index (κ2) is 4.91. The summed E-state index contributed by atoms with van der Waals surface area (Å²) in [6.45, 7) is 2.05. The molecule has 46 valence electrons. The van der Waals surface area contributed by atoms with Gasteiger partial charge in [0, 0.05) is 6.61 Å². The van der Waals surface area contributed by atoms with Gasteiger partial charge in [-0.25, -0.2) is 4.99 Å². The van der Waals surface area contributed by atoms with E-state index in [4.69, 9.17) is 5.11 Å². The van der Waals surface area contributed by atoms with E-state index in [0.29, 0.717) is 6.42 Å². The van der Waals surface area contributed by atoms with E-state index in [0.717, 1.165) is 0 Å². The van der Waals surface area contributed by atoms with Gasteiger partial charge in [0.05, 0.1) is 11.2 Å². The van der Waals surface area contributed by atoms with Gasteiger partial charge >= 0.3 is 0 Å². The maximum absolute atomic E-state index is 8.34. The van der Waals surface area contributed by atoms with E-state index in [1.165, 1.54) is 0 Å². The number of aliphatic hydroxyl groups excluding tert-OH is 1. The summed E-state index contributed by atoms with van der Waals surface area (Å²) >= 11 is 4.34. The lowest BCUT2D eigenvalue weighted by molar-refractivity contribution is 0.279. The maximum Gasteiger partial charge on any atom is 0.0596 e. The van der Waals surface area contributed by atoms with Gasteiger partial charge in [-0.2, -0.15) is 0 Å². The van der Waals surface area contributed by atoms with Crippen LogP contribution in [0.25, 0.3) is 0 Å². The van der Waals surface area contributed by atoms with Crippen molar-refractivity contribution in [1.82, 2.24) is 0 Å². The van der Waals surface area contributed by atoms with E-state index in [1.54, 1.807) is 0 Å². The Morgan fingerprint density at radius 1 is 1.88 bits per heavy atom. The first kappa shape index (κ1) is 7.76. The third-order valence-electron chi connectivity index (χ3n) is 0.820. The van der Waals surface area contributed by atoms with Gasteiger partial charge in [0.2, 0.25) is 0 Å². The van der Waals surface area contributed by atoms with Crippen LogP contribution >= 0.6 is 12.2 Å². The molecule has 1 atom stereocenters. The van der Waals surface area contributed by atoms with Gasteiger partial charge in [-0.3, -0.25) is 0 Å². The van der Waals surface area contributed by atoms with Crippen molar-refractivity contribution in [3.05, 3.63) is 0 Å². The Labute approximate surface area is 54.2 Å². The highest BCUT2D eigenvalue weighted by Crippen LogP contribution is 1.91. The lowest BCUT2D eigenvalue weighted by Gasteiger charge is -1.96. The molecule has 0 saturated carbocycles. The molecule has 2 nitrogen and oxygen atoms in total. The molecule has 0 aromatic heterocycles. The van der Waals surface area contributed by atoms with Gasteiger partial charge in [0.15, 0.2) is 0 Å². The van der Waals surface area contributed by atoms with Crippen LogP contribution in [0.2, 0.25) is 0 Å². The highest BCUT2D eigenvalue weighted by atomic mass is 32.1. The third-order valence-corrected chi connectivity index (χ3v) is 0.925. The molecular formula is C5H9NOS. The van der Waals surface area contributed by atoms with E-state index in [-0.39, 0.29) is 12.6 Å². The zero-order chi connectivity index (χ0) is 6.41.